The van der Waals surface area contributed by atoms with Crippen LogP contribution in [0.25, 0.3) is 0 Å². The van der Waals surface area contributed by atoms with Gasteiger partial charge in [0.15, 0.2) is 0 Å². The lowest BCUT2D eigenvalue weighted by molar-refractivity contribution is 0.411. The van der Waals surface area contributed by atoms with E-state index < -0.39 is 0 Å². The van der Waals surface area contributed by atoms with Gasteiger partial charge in [0.1, 0.15) is 5.75 Å². The zero-order chi connectivity index (χ0) is 13.1. The quantitative estimate of drug-likeness (QED) is 0.947. The third-order valence-electron chi connectivity index (χ3n) is 2.86. The van der Waals surface area contributed by atoms with E-state index in [1.807, 2.05) is 31.2 Å². The molecule has 18 heavy (non-hydrogen) atoms. The smallest absolute Gasteiger partial charge is 0.121 e. The molecule has 0 saturated carbocycles. The molecular formula is C14H15BrN2O. The minimum absolute atomic E-state index is 0.181. The Balaban J connectivity index is 2.34. The van der Waals surface area contributed by atoms with Gasteiger partial charge >= 0.3 is 0 Å². The molecule has 0 aliphatic rings. The highest BCUT2D eigenvalue weighted by atomic mass is 79.9. The predicted octanol–water partition coefficient (Wildman–Crippen LogP) is 3.21. The molecule has 0 spiro atoms. The Bertz CT molecular complexity index is 557. The maximum Gasteiger partial charge on any atom is 0.121 e. The number of nitrogens with zero attached hydrogens (tertiary/aromatic N) is 1. The lowest BCUT2D eigenvalue weighted by atomic mass is 9.99. The number of ether oxygens (including phenoxy) is 1. The minimum atomic E-state index is -0.181. The van der Waals surface area contributed by atoms with E-state index in [9.17, 15) is 0 Å². The van der Waals surface area contributed by atoms with Crippen LogP contribution in [0.5, 0.6) is 5.75 Å². The van der Waals surface area contributed by atoms with Crippen LogP contribution in [0.1, 0.15) is 22.7 Å². The molecule has 0 fully saturated rings. The molecule has 1 atom stereocenters. The van der Waals surface area contributed by atoms with Crippen molar-refractivity contribution in [1.82, 2.24) is 4.98 Å². The van der Waals surface area contributed by atoms with Crippen molar-refractivity contribution in [3.05, 3.63) is 57.8 Å². The van der Waals surface area contributed by atoms with Crippen molar-refractivity contribution in [3.63, 3.8) is 0 Å². The van der Waals surface area contributed by atoms with Crippen molar-refractivity contribution in [1.29, 1.82) is 0 Å². The van der Waals surface area contributed by atoms with Gasteiger partial charge in [-0.3, -0.25) is 4.98 Å². The second-order valence-electron chi connectivity index (χ2n) is 4.14. The van der Waals surface area contributed by atoms with Gasteiger partial charge in [0.2, 0.25) is 0 Å². The van der Waals surface area contributed by atoms with E-state index in [-0.39, 0.29) is 6.04 Å². The number of pyridine rings is 1. The molecule has 2 N–H and O–H groups in total. The number of hydrogen-bond donors (Lipinski definition) is 1. The van der Waals surface area contributed by atoms with Crippen LogP contribution in [0, 0.1) is 6.92 Å². The monoisotopic (exact) mass is 306 g/mol. The Labute approximate surface area is 115 Å². The average Bonchev–Trinajstić information content (AvgIpc) is 2.37. The number of aryl methyl sites for hydroxylation is 1. The Morgan fingerprint density at radius 1 is 1.22 bits per heavy atom. The molecule has 3 nitrogen and oxygen atoms in total. The van der Waals surface area contributed by atoms with Crippen molar-refractivity contribution >= 4 is 15.9 Å². The molecule has 4 heteroatoms. The average molecular weight is 307 g/mol. The summed E-state index contributed by atoms with van der Waals surface area (Å²) in [5, 5.41) is 0. The number of benzene rings is 1. The molecule has 94 valence electrons. The molecule has 0 aliphatic carbocycles. The third-order valence-corrected chi connectivity index (χ3v) is 3.30. The van der Waals surface area contributed by atoms with E-state index >= 15 is 0 Å². The van der Waals surface area contributed by atoms with Gasteiger partial charge in [-0.2, -0.15) is 0 Å². The molecular weight excluding hydrogens is 292 g/mol. The standard InChI is InChI=1S/C14H15BrN2O/c1-9-5-10(3-4-13(9)18-2)14(16)11-6-12(15)8-17-7-11/h3-8,14H,16H2,1-2H3. The Morgan fingerprint density at radius 3 is 2.61 bits per heavy atom. The first-order chi connectivity index (χ1) is 8.61. The predicted molar refractivity (Wildman–Crippen MR) is 75.7 cm³/mol. The van der Waals surface area contributed by atoms with Gasteiger partial charge in [-0.25, -0.2) is 0 Å². The molecule has 1 aromatic heterocycles. The van der Waals surface area contributed by atoms with Crippen LogP contribution in [0.3, 0.4) is 0 Å². The van der Waals surface area contributed by atoms with E-state index in [1.54, 1.807) is 19.5 Å². The lowest BCUT2D eigenvalue weighted by Crippen LogP contribution is -2.12. The summed E-state index contributed by atoms with van der Waals surface area (Å²) in [6.07, 6.45) is 3.53. The van der Waals surface area contributed by atoms with Gasteiger partial charge < -0.3 is 10.5 Å². The fourth-order valence-corrected chi connectivity index (χ4v) is 2.27. The first-order valence-electron chi connectivity index (χ1n) is 5.62. The van der Waals surface area contributed by atoms with E-state index in [2.05, 4.69) is 20.9 Å². The molecule has 0 aliphatic heterocycles. The van der Waals surface area contributed by atoms with Crippen LogP contribution in [0.2, 0.25) is 0 Å². The fraction of sp³-hybridized carbons (Fsp3) is 0.214. The molecule has 0 saturated heterocycles. The molecule has 1 heterocycles. The Hall–Kier alpha value is -1.39. The van der Waals surface area contributed by atoms with Gasteiger partial charge in [0, 0.05) is 16.9 Å². The molecule has 2 rings (SSSR count). The summed E-state index contributed by atoms with van der Waals surface area (Å²) in [5.41, 5.74) is 9.35. The molecule has 0 amide bonds. The molecule has 1 unspecified atom stereocenters. The third kappa shape index (κ3) is 2.71. The van der Waals surface area contributed by atoms with Crippen LogP contribution in [0.4, 0.5) is 0 Å². The van der Waals surface area contributed by atoms with E-state index in [0.29, 0.717) is 0 Å². The first kappa shape index (κ1) is 13.1. The zero-order valence-electron chi connectivity index (χ0n) is 10.4. The highest BCUT2D eigenvalue weighted by Gasteiger charge is 2.11. The zero-order valence-corrected chi connectivity index (χ0v) is 11.9. The van der Waals surface area contributed by atoms with Crippen LogP contribution in [-0.4, -0.2) is 12.1 Å². The summed E-state index contributed by atoms with van der Waals surface area (Å²) in [6, 6.07) is 7.77. The lowest BCUT2D eigenvalue weighted by Gasteiger charge is -2.14. The van der Waals surface area contributed by atoms with Crippen molar-refractivity contribution in [3.8, 4) is 5.75 Å². The van der Waals surface area contributed by atoms with Crippen molar-refractivity contribution in [2.24, 2.45) is 5.73 Å². The van der Waals surface area contributed by atoms with Crippen molar-refractivity contribution in [2.75, 3.05) is 7.11 Å². The summed E-state index contributed by atoms with van der Waals surface area (Å²) in [4.78, 5) is 4.14. The first-order valence-corrected chi connectivity index (χ1v) is 6.41. The number of rotatable bonds is 3. The van der Waals surface area contributed by atoms with Crippen molar-refractivity contribution < 1.29 is 4.74 Å². The number of methoxy groups -OCH3 is 1. The van der Waals surface area contributed by atoms with Crippen LogP contribution in [0.15, 0.2) is 41.1 Å². The van der Waals surface area contributed by atoms with E-state index in [1.165, 1.54) is 0 Å². The summed E-state index contributed by atoms with van der Waals surface area (Å²) < 4.78 is 6.18. The van der Waals surface area contributed by atoms with Gasteiger partial charge in [-0.1, -0.05) is 12.1 Å². The van der Waals surface area contributed by atoms with Crippen LogP contribution < -0.4 is 10.5 Å². The van der Waals surface area contributed by atoms with Gasteiger partial charge in [-0.05, 0) is 51.7 Å². The second-order valence-corrected chi connectivity index (χ2v) is 5.06. The molecule has 2 aromatic rings. The van der Waals surface area contributed by atoms with E-state index in [4.69, 9.17) is 10.5 Å². The maximum atomic E-state index is 6.24. The molecule has 0 radical (unpaired) electrons. The maximum absolute atomic E-state index is 6.24. The van der Waals surface area contributed by atoms with Crippen LogP contribution >= 0.6 is 15.9 Å². The van der Waals surface area contributed by atoms with Gasteiger partial charge in [0.05, 0.1) is 13.2 Å². The largest absolute Gasteiger partial charge is 0.496 e. The summed E-state index contributed by atoms with van der Waals surface area (Å²) >= 11 is 3.40. The highest BCUT2D eigenvalue weighted by molar-refractivity contribution is 9.10. The SMILES string of the molecule is COc1ccc(C(N)c2cncc(Br)c2)cc1C. The van der Waals surface area contributed by atoms with Crippen LogP contribution in [-0.2, 0) is 0 Å². The number of aromatic nitrogens is 1. The Kier molecular flexibility index (Phi) is 3.99. The number of hydrogen-bond acceptors (Lipinski definition) is 3. The molecule has 1 aromatic carbocycles. The summed E-state index contributed by atoms with van der Waals surface area (Å²) in [7, 11) is 1.67. The highest BCUT2D eigenvalue weighted by Crippen LogP contribution is 2.26. The summed E-state index contributed by atoms with van der Waals surface area (Å²) in [6.45, 7) is 2.01. The van der Waals surface area contributed by atoms with Gasteiger partial charge in [-0.15, -0.1) is 0 Å². The fourth-order valence-electron chi connectivity index (χ4n) is 1.89. The second kappa shape index (κ2) is 5.50. The Morgan fingerprint density at radius 2 is 2.00 bits per heavy atom. The van der Waals surface area contributed by atoms with Gasteiger partial charge in [0.25, 0.3) is 0 Å². The number of nitrogens with two attached hydrogens (primary N) is 1. The number of halogens is 1. The molecule has 0 bridgehead atoms. The van der Waals surface area contributed by atoms with E-state index in [0.717, 1.165) is 26.9 Å². The normalized spacial score (nSPS) is 12.2. The minimum Gasteiger partial charge on any atom is -0.496 e. The van der Waals surface area contributed by atoms with Crippen molar-refractivity contribution in [2.45, 2.75) is 13.0 Å². The topological polar surface area (TPSA) is 48.1 Å². The summed E-state index contributed by atoms with van der Waals surface area (Å²) in [5.74, 6) is 0.873.